The van der Waals surface area contributed by atoms with Gasteiger partial charge in [-0.05, 0) is 30.9 Å². The molecular weight excluding hydrogens is 422 g/mol. The molecular formula is C24H29N5O2S. The molecule has 5 rings (SSSR count). The van der Waals surface area contributed by atoms with Crippen LogP contribution in [0.1, 0.15) is 61.3 Å². The van der Waals surface area contributed by atoms with Crippen molar-refractivity contribution in [3.8, 4) is 0 Å². The summed E-state index contributed by atoms with van der Waals surface area (Å²) < 4.78 is 5.39. The molecule has 0 saturated carbocycles. The number of carbonyl (C=O) groups excluding carboxylic acids is 1. The lowest BCUT2D eigenvalue weighted by atomic mass is 9.80. The summed E-state index contributed by atoms with van der Waals surface area (Å²) in [5, 5.41) is 3.54. The molecule has 2 aliphatic heterocycles. The van der Waals surface area contributed by atoms with Gasteiger partial charge in [-0.3, -0.25) is 4.79 Å². The fourth-order valence-electron chi connectivity index (χ4n) is 4.83. The van der Waals surface area contributed by atoms with Crippen LogP contribution in [0.3, 0.4) is 0 Å². The van der Waals surface area contributed by atoms with Crippen LogP contribution in [0.2, 0.25) is 0 Å². The van der Waals surface area contributed by atoms with Crippen molar-refractivity contribution in [2.45, 2.75) is 57.4 Å². The Balaban J connectivity index is 1.48. The third kappa shape index (κ3) is 3.86. The Kier molecular flexibility index (Phi) is 5.82. The minimum absolute atomic E-state index is 0.0587. The van der Waals surface area contributed by atoms with Crippen molar-refractivity contribution in [1.82, 2.24) is 20.3 Å². The second-order valence-corrected chi connectivity index (χ2v) is 9.98. The van der Waals surface area contributed by atoms with E-state index in [1.54, 1.807) is 6.33 Å². The zero-order valence-corrected chi connectivity index (χ0v) is 19.5. The maximum atomic E-state index is 12.9. The maximum absolute atomic E-state index is 12.9. The van der Waals surface area contributed by atoms with Gasteiger partial charge in [0.25, 0.3) is 5.91 Å². The normalized spacial score (nSPS) is 21.1. The van der Waals surface area contributed by atoms with Crippen LogP contribution in [0.5, 0.6) is 0 Å². The predicted octanol–water partition coefficient (Wildman–Crippen LogP) is 4.59. The largest absolute Gasteiger partial charge is 0.381 e. The van der Waals surface area contributed by atoms with E-state index in [2.05, 4.69) is 58.3 Å². The number of aromatic nitrogens is 3. The van der Waals surface area contributed by atoms with Crippen LogP contribution < -0.4 is 10.2 Å². The quantitative estimate of drug-likeness (QED) is 0.590. The minimum atomic E-state index is -0.138. The van der Waals surface area contributed by atoms with Crippen LogP contribution in [0.25, 0.3) is 10.3 Å². The molecule has 0 spiro atoms. The lowest BCUT2D eigenvalue weighted by Gasteiger charge is -2.26. The van der Waals surface area contributed by atoms with Gasteiger partial charge in [0.2, 0.25) is 0 Å². The molecule has 1 N–H and O–H groups in total. The number of unbranched alkanes of at least 4 members (excludes halogenated alkanes) is 1. The molecule has 2 aromatic heterocycles. The van der Waals surface area contributed by atoms with Crippen LogP contribution in [-0.4, -0.2) is 46.7 Å². The molecule has 8 heteroatoms. The number of carbonyl (C=O) groups is 1. The fourth-order valence-corrected chi connectivity index (χ4v) is 5.64. The molecule has 1 saturated heterocycles. The zero-order chi connectivity index (χ0) is 22.1. The Morgan fingerprint density at radius 2 is 2.09 bits per heavy atom. The van der Waals surface area contributed by atoms with E-state index in [9.17, 15) is 4.79 Å². The molecule has 0 aliphatic carbocycles. The van der Waals surface area contributed by atoms with Gasteiger partial charge in [-0.25, -0.2) is 15.0 Å². The minimum Gasteiger partial charge on any atom is -0.381 e. The molecule has 0 radical (unpaired) electrons. The number of fused-ring (bicyclic) bond motifs is 2. The average Bonchev–Trinajstić information content (AvgIpc) is 3.39. The molecule has 1 fully saturated rings. The molecule has 0 bridgehead atoms. The topological polar surface area (TPSA) is 80.2 Å². The molecule has 32 heavy (non-hydrogen) atoms. The van der Waals surface area contributed by atoms with Gasteiger partial charge >= 0.3 is 0 Å². The summed E-state index contributed by atoms with van der Waals surface area (Å²) in [6.45, 7) is 6.79. The highest BCUT2D eigenvalue weighted by atomic mass is 32.1. The van der Waals surface area contributed by atoms with Gasteiger partial charge in [0, 0.05) is 36.9 Å². The molecule has 4 heterocycles. The third-order valence-electron chi connectivity index (χ3n) is 6.62. The lowest BCUT2D eigenvalue weighted by Crippen LogP contribution is -2.38. The first kappa shape index (κ1) is 21.3. The van der Waals surface area contributed by atoms with Crippen molar-refractivity contribution < 1.29 is 9.53 Å². The molecule has 1 aromatic carbocycles. The summed E-state index contributed by atoms with van der Waals surface area (Å²) >= 11 is 1.33. The van der Waals surface area contributed by atoms with Crippen molar-refractivity contribution in [3.63, 3.8) is 0 Å². The van der Waals surface area contributed by atoms with E-state index in [0.29, 0.717) is 23.7 Å². The highest BCUT2D eigenvalue weighted by molar-refractivity contribution is 7.20. The third-order valence-corrected chi connectivity index (χ3v) is 7.58. The van der Waals surface area contributed by atoms with Crippen molar-refractivity contribution in [2.24, 2.45) is 0 Å². The second kappa shape index (κ2) is 8.75. The maximum Gasteiger partial charge on any atom is 0.280 e. The number of para-hydroxylation sites is 1. The number of nitrogens with one attached hydrogen (secondary N) is 1. The summed E-state index contributed by atoms with van der Waals surface area (Å²) in [4.78, 5) is 29.6. The first-order chi connectivity index (χ1) is 15.6. The zero-order valence-electron chi connectivity index (χ0n) is 18.6. The van der Waals surface area contributed by atoms with Crippen LogP contribution in [0.15, 0.2) is 30.6 Å². The van der Waals surface area contributed by atoms with Gasteiger partial charge < -0.3 is 15.0 Å². The Hall–Kier alpha value is -2.58. The van der Waals surface area contributed by atoms with E-state index in [0.717, 1.165) is 36.5 Å². The molecule has 1 unspecified atom stereocenters. The SMILES string of the molecule is CCCCC1(C)CN(c2ncnc3sc(C(=O)NC4CCOCC4)nc23)c2ccccc21. The monoisotopic (exact) mass is 451 g/mol. The van der Waals surface area contributed by atoms with Crippen molar-refractivity contribution in [2.75, 3.05) is 24.7 Å². The highest BCUT2D eigenvalue weighted by Gasteiger charge is 2.40. The summed E-state index contributed by atoms with van der Waals surface area (Å²) in [5.41, 5.74) is 3.28. The van der Waals surface area contributed by atoms with Gasteiger partial charge in [0.05, 0.1) is 0 Å². The number of hydrogen-bond acceptors (Lipinski definition) is 7. The van der Waals surface area contributed by atoms with Crippen LogP contribution in [0.4, 0.5) is 11.5 Å². The Morgan fingerprint density at radius 3 is 2.91 bits per heavy atom. The summed E-state index contributed by atoms with van der Waals surface area (Å²) in [7, 11) is 0. The number of rotatable bonds is 6. The predicted molar refractivity (Wildman–Crippen MR) is 127 cm³/mol. The van der Waals surface area contributed by atoms with E-state index in [4.69, 9.17) is 9.72 Å². The van der Waals surface area contributed by atoms with E-state index >= 15 is 0 Å². The molecule has 3 aromatic rings. The van der Waals surface area contributed by atoms with E-state index in [1.807, 2.05) is 0 Å². The number of amides is 1. The molecule has 1 amide bonds. The summed E-state index contributed by atoms with van der Waals surface area (Å²) in [6, 6.07) is 8.72. The van der Waals surface area contributed by atoms with Crippen molar-refractivity contribution in [3.05, 3.63) is 41.2 Å². The second-order valence-electron chi connectivity index (χ2n) is 9.00. The smallest absolute Gasteiger partial charge is 0.280 e. The standard InChI is InChI=1S/C24H29N5O2S/c1-3-4-11-24(2)14-29(18-8-6-5-7-17(18)24)20-19-22(26-15-25-20)32-23(28-19)21(30)27-16-9-12-31-13-10-16/h5-8,15-16H,3-4,9-14H2,1-2H3,(H,27,30). The van der Waals surface area contributed by atoms with E-state index in [-0.39, 0.29) is 17.4 Å². The van der Waals surface area contributed by atoms with Gasteiger partial charge in [0.15, 0.2) is 10.8 Å². The summed E-state index contributed by atoms with van der Waals surface area (Å²) in [6.07, 6.45) is 6.74. The first-order valence-electron chi connectivity index (χ1n) is 11.5. The summed E-state index contributed by atoms with van der Waals surface area (Å²) in [5.74, 6) is 0.643. The van der Waals surface area contributed by atoms with Crippen LogP contribution in [0, 0.1) is 0 Å². The fraction of sp³-hybridized carbons (Fsp3) is 0.500. The van der Waals surface area contributed by atoms with Gasteiger partial charge in [-0.1, -0.05) is 56.2 Å². The highest BCUT2D eigenvalue weighted by Crippen LogP contribution is 2.47. The number of thiazole rings is 1. The first-order valence-corrected chi connectivity index (χ1v) is 12.3. The van der Waals surface area contributed by atoms with Crippen molar-refractivity contribution >= 4 is 39.1 Å². The van der Waals surface area contributed by atoms with Crippen molar-refractivity contribution in [1.29, 1.82) is 0 Å². The van der Waals surface area contributed by atoms with E-state index in [1.165, 1.54) is 35.4 Å². The Morgan fingerprint density at radius 1 is 1.28 bits per heavy atom. The molecule has 168 valence electrons. The number of nitrogens with zero attached hydrogens (tertiary/aromatic N) is 4. The number of anilines is 2. The number of hydrogen-bond donors (Lipinski definition) is 1. The Labute approximate surface area is 192 Å². The molecule has 2 aliphatic rings. The van der Waals surface area contributed by atoms with Gasteiger partial charge in [-0.2, -0.15) is 0 Å². The number of ether oxygens (including phenoxy) is 1. The number of benzene rings is 1. The van der Waals surface area contributed by atoms with Crippen LogP contribution >= 0.6 is 11.3 Å². The molecule has 7 nitrogen and oxygen atoms in total. The lowest BCUT2D eigenvalue weighted by molar-refractivity contribution is 0.0696. The average molecular weight is 452 g/mol. The van der Waals surface area contributed by atoms with E-state index < -0.39 is 0 Å². The van der Waals surface area contributed by atoms with Gasteiger partial charge in [0.1, 0.15) is 16.7 Å². The van der Waals surface area contributed by atoms with Crippen LogP contribution in [-0.2, 0) is 10.2 Å². The Bertz CT molecular complexity index is 1130. The van der Waals surface area contributed by atoms with Gasteiger partial charge in [-0.15, -0.1) is 0 Å². The molecule has 1 atom stereocenters.